The zero-order chi connectivity index (χ0) is 26.6. The van der Waals surface area contributed by atoms with Gasteiger partial charge in [0.1, 0.15) is 0 Å². The zero-order valence-corrected chi connectivity index (χ0v) is 21.2. The first-order valence-electron chi connectivity index (χ1n) is 10.3. The summed E-state index contributed by atoms with van der Waals surface area (Å²) in [6, 6.07) is 18.8. The molecule has 6 atom stereocenters. The lowest BCUT2D eigenvalue weighted by atomic mass is 9.97. The summed E-state index contributed by atoms with van der Waals surface area (Å²) in [6.45, 7) is 0. The Balaban J connectivity index is 1.84. The summed E-state index contributed by atoms with van der Waals surface area (Å²) in [6.07, 6.45) is 0. The maximum atomic E-state index is 11.7. The molecule has 3 rings (SSSR count). The summed E-state index contributed by atoms with van der Waals surface area (Å²) in [5, 5.41) is 54.5. The Morgan fingerprint density at radius 2 is 0.944 bits per heavy atom. The summed E-state index contributed by atoms with van der Waals surface area (Å²) < 4.78 is 0. The van der Waals surface area contributed by atoms with Gasteiger partial charge in [0.15, 0.2) is 11.4 Å². The second kappa shape index (κ2) is 12.2. The SMILES string of the molecule is N#Cc1ccc([C@@H](Cl)[C@@H](Cl)c2ccc([C@H](Cl)[C@H](Cl)c3ccc(C#N)cc3[NH+]([O-])O)cc2)c([NH+]([O-])O)c1. The van der Waals surface area contributed by atoms with E-state index in [4.69, 9.17) is 56.9 Å². The van der Waals surface area contributed by atoms with Gasteiger partial charge in [0.2, 0.25) is 0 Å². The summed E-state index contributed by atoms with van der Waals surface area (Å²) >= 11 is 26.2. The molecule has 0 radical (unpaired) electrons. The number of halogens is 4. The van der Waals surface area contributed by atoms with Crippen molar-refractivity contribution in [1.29, 1.82) is 10.5 Å². The first kappa shape index (κ1) is 28.1. The molecule has 8 nitrogen and oxygen atoms in total. The third-order valence-corrected chi connectivity index (χ3v) is 7.75. The quantitative estimate of drug-likeness (QED) is 0.228. The summed E-state index contributed by atoms with van der Waals surface area (Å²) in [7, 11) is 0. The fraction of sp³-hybridized carbons (Fsp3) is 0.167. The highest BCUT2D eigenvalue weighted by atomic mass is 35.5. The maximum absolute atomic E-state index is 11.7. The van der Waals surface area contributed by atoms with Gasteiger partial charge in [-0.2, -0.15) is 21.0 Å². The average molecular weight is 568 g/mol. The van der Waals surface area contributed by atoms with Crippen LogP contribution >= 0.6 is 46.4 Å². The molecule has 36 heavy (non-hydrogen) atoms. The molecule has 0 aliphatic carbocycles. The van der Waals surface area contributed by atoms with E-state index in [2.05, 4.69) is 0 Å². The number of benzene rings is 3. The van der Waals surface area contributed by atoms with Gasteiger partial charge in [0, 0.05) is 23.3 Å². The molecular formula is C24H18Cl4N4O4. The lowest BCUT2D eigenvalue weighted by Crippen LogP contribution is -2.99. The molecule has 3 aromatic rings. The van der Waals surface area contributed by atoms with Crippen molar-refractivity contribution >= 4 is 57.8 Å². The molecule has 0 aliphatic heterocycles. The second-order valence-corrected chi connectivity index (χ2v) is 9.59. The minimum absolute atomic E-state index is 0.112. The number of hydrogen-bond acceptors (Lipinski definition) is 6. The minimum Gasteiger partial charge on any atom is -0.595 e. The van der Waals surface area contributed by atoms with Gasteiger partial charge in [0.25, 0.3) is 0 Å². The van der Waals surface area contributed by atoms with E-state index in [-0.39, 0.29) is 33.6 Å². The number of quaternary nitrogens is 2. The van der Waals surface area contributed by atoms with Crippen LogP contribution in [0.25, 0.3) is 0 Å². The van der Waals surface area contributed by atoms with Crippen LogP contribution in [-0.2, 0) is 0 Å². The van der Waals surface area contributed by atoms with Crippen molar-refractivity contribution in [2.24, 2.45) is 0 Å². The van der Waals surface area contributed by atoms with Crippen LogP contribution < -0.4 is 10.5 Å². The molecular weight excluding hydrogens is 550 g/mol. The largest absolute Gasteiger partial charge is 0.595 e. The molecule has 4 N–H and O–H groups in total. The van der Waals surface area contributed by atoms with E-state index in [1.54, 1.807) is 24.3 Å². The topological polar surface area (TPSA) is 143 Å². The van der Waals surface area contributed by atoms with Crippen LogP contribution in [-0.4, -0.2) is 10.4 Å². The van der Waals surface area contributed by atoms with E-state index in [0.717, 1.165) is 0 Å². The van der Waals surface area contributed by atoms with Gasteiger partial charge in [-0.05, 0) is 23.3 Å². The van der Waals surface area contributed by atoms with Gasteiger partial charge in [-0.1, -0.05) is 36.4 Å². The Labute approximate surface area is 226 Å². The predicted octanol–water partition coefficient (Wildman–Crippen LogP) is 4.76. The van der Waals surface area contributed by atoms with E-state index < -0.39 is 32.0 Å². The normalized spacial score (nSPS) is 16.2. The van der Waals surface area contributed by atoms with Gasteiger partial charge in [-0.15, -0.1) is 46.4 Å². The Hall–Kier alpha value is -2.44. The van der Waals surface area contributed by atoms with Crippen LogP contribution in [0.1, 0.15) is 54.9 Å². The molecule has 2 unspecified atom stereocenters. The molecule has 0 bridgehead atoms. The molecule has 0 aliphatic rings. The Morgan fingerprint density at radius 3 is 1.22 bits per heavy atom. The summed E-state index contributed by atoms with van der Waals surface area (Å²) in [5.74, 6) is 0. The van der Waals surface area contributed by atoms with Gasteiger partial charge < -0.3 is 10.4 Å². The van der Waals surface area contributed by atoms with E-state index in [0.29, 0.717) is 11.1 Å². The van der Waals surface area contributed by atoms with Gasteiger partial charge in [-0.3, -0.25) is 0 Å². The molecule has 0 fully saturated rings. The molecule has 0 aromatic heterocycles. The highest BCUT2D eigenvalue weighted by molar-refractivity contribution is 6.31. The number of alkyl halides is 4. The van der Waals surface area contributed by atoms with E-state index >= 15 is 0 Å². The first-order valence-corrected chi connectivity index (χ1v) is 12.0. The lowest BCUT2D eigenvalue weighted by Gasteiger charge is -2.23. The molecule has 0 amide bonds. The van der Waals surface area contributed by atoms with Crippen LogP contribution in [0.4, 0.5) is 11.4 Å². The Morgan fingerprint density at radius 1 is 0.611 bits per heavy atom. The fourth-order valence-electron chi connectivity index (χ4n) is 3.62. The third kappa shape index (κ3) is 6.09. The summed E-state index contributed by atoms with van der Waals surface area (Å²) in [4.78, 5) is 0. The number of rotatable bonds is 8. The number of nitrogens with one attached hydrogen (secondary N) is 2. The predicted molar refractivity (Wildman–Crippen MR) is 135 cm³/mol. The van der Waals surface area contributed by atoms with E-state index in [1.165, 1.54) is 36.4 Å². The standard InChI is InChI=1S/C24H18Cl4N4O4/c25-21(23(27)17-7-1-13(11-29)9-19(17)31(33)34)15-3-5-16(6-4-15)22(26)24(28)18-8-2-14(12-30)10-20(18)32(35)36/h1-10,21-24,31-33,35H/t21-,22-,23+,24+/m0/s1. The van der Waals surface area contributed by atoms with Crippen LogP contribution in [0.15, 0.2) is 60.7 Å². The van der Waals surface area contributed by atoms with Crippen molar-refractivity contribution in [1.82, 2.24) is 0 Å². The Kier molecular flexibility index (Phi) is 9.53. The van der Waals surface area contributed by atoms with E-state index in [9.17, 15) is 20.8 Å². The van der Waals surface area contributed by atoms with Crippen molar-refractivity contribution in [3.05, 3.63) is 104 Å². The molecule has 12 heteroatoms. The molecule has 0 saturated heterocycles. The van der Waals surface area contributed by atoms with Gasteiger partial charge in [0.05, 0.1) is 44.8 Å². The van der Waals surface area contributed by atoms with Crippen LogP contribution in [0, 0.1) is 33.1 Å². The molecule has 0 saturated carbocycles. The van der Waals surface area contributed by atoms with Crippen molar-refractivity contribution in [3.8, 4) is 12.1 Å². The van der Waals surface area contributed by atoms with Crippen molar-refractivity contribution in [3.63, 3.8) is 0 Å². The maximum Gasteiger partial charge on any atom is 0.169 e. The van der Waals surface area contributed by atoms with Crippen LogP contribution in [0.2, 0.25) is 0 Å². The van der Waals surface area contributed by atoms with E-state index in [1.807, 2.05) is 12.1 Å². The average Bonchev–Trinajstić information content (AvgIpc) is 2.90. The monoisotopic (exact) mass is 566 g/mol. The van der Waals surface area contributed by atoms with Crippen LogP contribution in [0.5, 0.6) is 0 Å². The fourth-order valence-corrected chi connectivity index (χ4v) is 4.85. The number of nitrogens with zero attached hydrogens (tertiary/aromatic N) is 2. The molecule has 186 valence electrons. The zero-order valence-electron chi connectivity index (χ0n) is 18.2. The molecule has 3 aromatic carbocycles. The van der Waals surface area contributed by atoms with Gasteiger partial charge in [-0.25, -0.2) is 10.4 Å². The first-order chi connectivity index (χ1) is 17.1. The van der Waals surface area contributed by atoms with Crippen molar-refractivity contribution in [2.75, 3.05) is 0 Å². The van der Waals surface area contributed by atoms with Crippen molar-refractivity contribution in [2.45, 2.75) is 21.5 Å². The smallest absolute Gasteiger partial charge is 0.169 e. The number of nitriles is 2. The second-order valence-electron chi connectivity index (χ2n) is 7.71. The Bertz CT molecular complexity index is 1210. The third-order valence-electron chi connectivity index (χ3n) is 5.51. The minimum atomic E-state index is -1.23. The number of hydrogen-bond donors (Lipinski definition) is 4. The lowest BCUT2D eigenvalue weighted by molar-refractivity contribution is -0.991. The van der Waals surface area contributed by atoms with Crippen molar-refractivity contribution < 1.29 is 20.9 Å². The highest BCUT2D eigenvalue weighted by Crippen LogP contribution is 2.44. The summed E-state index contributed by atoms with van der Waals surface area (Å²) in [5.41, 5.74) is 1.86. The highest BCUT2D eigenvalue weighted by Gasteiger charge is 2.28. The van der Waals surface area contributed by atoms with Gasteiger partial charge >= 0.3 is 0 Å². The molecule has 0 spiro atoms. The molecule has 0 heterocycles. The van der Waals surface area contributed by atoms with Crippen LogP contribution in [0.3, 0.4) is 0 Å².